The van der Waals surface area contributed by atoms with Crippen LogP contribution >= 0.6 is 12.4 Å². The second kappa shape index (κ2) is 10.2. The lowest BCUT2D eigenvalue weighted by atomic mass is 10.0. The fourth-order valence-electron chi connectivity index (χ4n) is 1.88. The van der Waals surface area contributed by atoms with Crippen LogP contribution in [0.5, 0.6) is 0 Å². The summed E-state index contributed by atoms with van der Waals surface area (Å²) in [4.78, 5) is 23.1. The quantitative estimate of drug-likeness (QED) is 0.665. The van der Waals surface area contributed by atoms with E-state index < -0.39 is 0 Å². The number of rotatable bonds is 7. The molecular formula is C15H24ClN3O2. The number of hydrogen-bond donors (Lipinski definition) is 3. The Hall–Kier alpha value is -1.59. The van der Waals surface area contributed by atoms with E-state index in [0.717, 1.165) is 17.7 Å². The van der Waals surface area contributed by atoms with Crippen molar-refractivity contribution < 1.29 is 9.59 Å². The van der Waals surface area contributed by atoms with Crippen LogP contribution < -0.4 is 16.0 Å². The number of aryl methyl sites for hydroxylation is 1. The van der Waals surface area contributed by atoms with Gasteiger partial charge in [-0.05, 0) is 19.5 Å². The molecule has 1 aromatic rings. The molecule has 0 saturated heterocycles. The van der Waals surface area contributed by atoms with Crippen LogP contribution in [0.25, 0.3) is 0 Å². The number of nitrogens with one attached hydrogen (secondary N) is 3. The first-order valence-electron chi connectivity index (χ1n) is 6.78. The number of benzene rings is 1. The molecule has 0 aromatic heterocycles. The van der Waals surface area contributed by atoms with Gasteiger partial charge in [0.1, 0.15) is 0 Å². The minimum absolute atomic E-state index is 0. The smallest absolute Gasteiger partial charge is 0.222 e. The van der Waals surface area contributed by atoms with Crippen molar-refractivity contribution in [3.63, 3.8) is 0 Å². The number of carbonyl (C=O) groups is 2. The van der Waals surface area contributed by atoms with Crippen molar-refractivity contribution in [3.05, 3.63) is 35.4 Å². The third-order valence-corrected chi connectivity index (χ3v) is 2.94. The SMILES string of the molecule is CNCCNC(=O)CC(NC(C)=O)c1ccc(C)cc1.Cl. The summed E-state index contributed by atoms with van der Waals surface area (Å²) < 4.78 is 0. The van der Waals surface area contributed by atoms with Crippen molar-refractivity contribution in [2.24, 2.45) is 0 Å². The fourth-order valence-corrected chi connectivity index (χ4v) is 1.88. The molecule has 0 radical (unpaired) electrons. The highest BCUT2D eigenvalue weighted by Crippen LogP contribution is 2.17. The van der Waals surface area contributed by atoms with Crippen molar-refractivity contribution >= 4 is 24.2 Å². The van der Waals surface area contributed by atoms with E-state index in [1.807, 2.05) is 38.2 Å². The minimum Gasteiger partial charge on any atom is -0.355 e. The zero-order valence-corrected chi connectivity index (χ0v) is 13.5. The van der Waals surface area contributed by atoms with E-state index in [9.17, 15) is 9.59 Å². The average Bonchev–Trinajstić information content (AvgIpc) is 2.38. The number of hydrogen-bond acceptors (Lipinski definition) is 3. The highest BCUT2D eigenvalue weighted by molar-refractivity contribution is 5.85. The Bertz CT molecular complexity index is 449. The molecule has 3 N–H and O–H groups in total. The molecule has 118 valence electrons. The second-order valence-electron chi connectivity index (χ2n) is 4.82. The predicted octanol–water partition coefficient (Wildman–Crippen LogP) is 1.32. The maximum Gasteiger partial charge on any atom is 0.222 e. The van der Waals surface area contributed by atoms with Crippen LogP contribution in [-0.4, -0.2) is 32.0 Å². The molecule has 0 spiro atoms. The van der Waals surface area contributed by atoms with E-state index in [1.165, 1.54) is 6.92 Å². The van der Waals surface area contributed by atoms with Gasteiger partial charge in [-0.15, -0.1) is 12.4 Å². The molecule has 5 nitrogen and oxygen atoms in total. The molecule has 1 aromatic carbocycles. The van der Waals surface area contributed by atoms with E-state index in [2.05, 4.69) is 16.0 Å². The number of halogens is 1. The van der Waals surface area contributed by atoms with E-state index in [4.69, 9.17) is 0 Å². The zero-order chi connectivity index (χ0) is 15.0. The minimum atomic E-state index is -0.289. The van der Waals surface area contributed by atoms with Crippen LogP contribution in [0.2, 0.25) is 0 Å². The Morgan fingerprint density at radius 3 is 2.29 bits per heavy atom. The topological polar surface area (TPSA) is 70.2 Å². The monoisotopic (exact) mass is 313 g/mol. The van der Waals surface area contributed by atoms with Gasteiger partial charge in [-0.2, -0.15) is 0 Å². The summed E-state index contributed by atoms with van der Waals surface area (Å²) in [5.74, 6) is -0.210. The van der Waals surface area contributed by atoms with Gasteiger partial charge in [0.15, 0.2) is 0 Å². The molecule has 6 heteroatoms. The summed E-state index contributed by atoms with van der Waals surface area (Å²) in [5.41, 5.74) is 2.09. The van der Waals surface area contributed by atoms with Crippen molar-refractivity contribution in [1.82, 2.24) is 16.0 Å². The Kier molecular flexibility index (Phi) is 9.41. The summed E-state index contributed by atoms with van der Waals surface area (Å²) in [7, 11) is 1.83. The normalized spacial score (nSPS) is 11.2. The van der Waals surface area contributed by atoms with Gasteiger partial charge in [0.25, 0.3) is 0 Å². The molecule has 0 aliphatic carbocycles. The van der Waals surface area contributed by atoms with Crippen molar-refractivity contribution in [2.45, 2.75) is 26.3 Å². The van der Waals surface area contributed by atoms with E-state index in [1.54, 1.807) is 0 Å². The Labute approximate surface area is 132 Å². The standard InChI is InChI=1S/C15H23N3O2.ClH/c1-11-4-6-13(7-5-11)14(18-12(2)19)10-15(20)17-9-8-16-3;/h4-7,14,16H,8-10H2,1-3H3,(H,17,20)(H,18,19);1H. The predicted molar refractivity (Wildman–Crippen MR) is 86.5 cm³/mol. The summed E-state index contributed by atoms with van der Waals surface area (Å²) >= 11 is 0. The molecule has 1 atom stereocenters. The van der Waals surface area contributed by atoms with Gasteiger partial charge < -0.3 is 16.0 Å². The van der Waals surface area contributed by atoms with Crippen LogP contribution in [0.15, 0.2) is 24.3 Å². The van der Waals surface area contributed by atoms with Gasteiger partial charge in [0, 0.05) is 20.0 Å². The van der Waals surface area contributed by atoms with Gasteiger partial charge in [0.2, 0.25) is 11.8 Å². The Morgan fingerprint density at radius 1 is 1.14 bits per heavy atom. The molecule has 0 saturated carbocycles. The van der Waals surface area contributed by atoms with Crippen LogP contribution in [-0.2, 0) is 9.59 Å². The average molecular weight is 314 g/mol. The number of carbonyl (C=O) groups excluding carboxylic acids is 2. The van der Waals surface area contributed by atoms with Crippen LogP contribution in [0.4, 0.5) is 0 Å². The van der Waals surface area contributed by atoms with E-state index in [0.29, 0.717) is 6.54 Å². The molecule has 0 heterocycles. The first-order chi connectivity index (χ1) is 9.52. The zero-order valence-electron chi connectivity index (χ0n) is 12.7. The summed E-state index contributed by atoms with van der Waals surface area (Å²) in [6.07, 6.45) is 0.242. The van der Waals surface area contributed by atoms with Crippen molar-refractivity contribution in [1.29, 1.82) is 0 Å². The molecule has 0 aliphatic heterocycles. The lowest BCUT2D eigenvalue weighted by Crippen LogP contribution is -2.35. The molecule has 1 rings (SSSR count). The van der Waals surface area contributed by atoms with Crippen LogP contribution in [0, 0.1) is 6.92 Å². The van der Waals surface area contributed by atoms with Gasteiger partial charge in [0.05, 0.1) is 12.5 Å². The number of likely N-dealkylation sites (N-methyl/N-ethyl adjacent to an activating group) is 1. The molecule has 0 bridgehead atoms. The first kappa shape index (κ1) is 19.4. The fraction of sp³-hybridized carbons (Fsp3) is 0.467. The molecule has 21 heavy (non-hydrogen) atoms. The third-order valence-electron chi connectivity index (χ3n) is 2.94. The molecule has 2 amide bonds. The van der Waals surface area contributed by atoms with Gasteiger partial charge in [-0.25, -0.2) is 0 Å². The molecule has 0 fully saturated rings. The second-order valence-corrected chi connectivity index (χ2v) is 4.82. The summed E-state index contributed by atoms with van der Waals surface area (Å²) in [5, 5.41) is 8.60. The first-order valence-corrected chi connectivity index (χ1v) is 6.78. The van der Waals surface area contributed by atoms with E-state index in [-0.39, 0.29) is 36.7 Å². The molecule has 1 unspecified atom stereocenters. The lowest BCUT2D eigenvalue weighted by Gasteiger charge is -2.18. The van der Waals surface area contributed by atoms with E-state index >= 15 is 0 Å². The number of amides is 2. The van der Waals surface area contributed by atoms with Gasteiger partial charge in [-0.1, -0.05) is 29.8 Å². The maximum atomic E-state index is 11.9. The van der Waals surface area contributed by atoms with Gasteiger partial charge in [-0.3, -0.25) is 9.59 Å². The Morgan fingerprint density at radius 2 is 1.76 bits per heavy atom. The Balaban J connectivity index is 0.00000400. The maximum absolute atomic E-state index is 11.9. The van der Waals surface area contributed by atoms with Gasteiger partial charge >= 0.3 is 0 Å². The largest absolute Gasteiger partial charge is 0.355 e. The van der Waals surface area contributed by atoms with Crippen LogP contribution in [0.3, 0.4) is 0 Å². The molecular weight excluding hydrogens is 290 g/mol. The summed E-state index contributed by atoms with van der Waals surface area (Å²) in [6, 6.07) is 7.54. The highest BCUT2D eigenvalue weighted by atomic mass is 35.5. The highest BCUT2D eigenvalue weighted by Gasteiger charge is 2.16. The molecule has 0 aliphatic rings. The summed E-state index contributed by atoms with van der Waals surface area (Å²) in [6.45, 7) is 4.76. The van der Waals surface area contributed by atoms with Crippen molar-refractivity contribution in [3.8, 4) is 0 Å². The lowest BCUT2D eigenvalue weighted by molar-refractivity contribution is -0.122. The third kappa shape index (κ3) is 7.68. The van der Waals surface area contributed by atoms with Crippen molar-refractivity contribution in [2.75, 3.05) is 20.1 Å². The van der Waals surface area contributed by atoms with Crippen LogP contribution in [0.1, 0.15) is 30.5 Å².